The number of nitrogens with zero attached hydrogens (tertiary/aromatic N) is 3. The van der Waals surface area contributed by atoms with Crippen molar-refractivity contribution in [3.63, 3.8) is 0 Å². The van der Waals surface area contributed by atoms with Gasteiger partial charge >= 0.3 is 0 Å². The Labute approximate surface area is 84.5 Å². The minimum atomic E-state index is 0.737. The first kappa shape index (κ1) is 8.45. The molecule has 3 rings (SSSR count). The summed E-state index contributed by atoms with van der Waals surface area (Å²) in [4.78, 5) is 0. The van der Waals surface area contributed by atoms with Gasteiger partial charge in [0.15, 0.2) is 0 Å². The zero-order valence-corrected chi connectivity index (χ0v) is 8.52. The maximum atomic E-state index is 4.25. The standard InChI is InChI=1S/C11H17N3/c1-2-4-9(3-1)7-11-13-12-8-14(11)10-5-6-10/h8-10H,1-7H2. The van der Waals surface area contributed by atoms with Gasteiger partial charge in [0, 0.05) is 12.5 Å². The second kappa shape index (κ2) is 3.37. The Balaban J connectivity index is 1.71. The van der Waals surface area contributed by atoms with Crippen molar-refractivity contribution in [2.24, 2.45) is 5.92 Å². The maximum Gasteiger partial charge on any atom is 0.133 e. The SMILES string of the molecule is c1nnc(CC2CCCC2)n1C1CC1. The van der Waals surface area contributed by atoms with E-state index in [2.05, 4.69) is 14.8 Å². The quantitative estimate of drug-likeness (QED) is 0.734. The molecule has 0 bridgehead atoms. The van der Waals surface area contributed by atoms with Gasteiger partial charge in [-0.2, -0.15) is 0 Å². The maximum absolute atomic E-state index is 4.25. The highest BCUT2D eigenvalue weighted by Crippen LogP contribution is 2.36. The van der Waals surface area contributed by atoms with Gasteiger partial charge in [-0.15, -0.1) is 10.2 Å². The molecule has 0 aromatic carbocycles. The highest BCUT2D eigenvalue weighted by molar-refractivity contribution is 4.96. The van der Waals surface area contributed by atoms with Crippen molar-refractivity contribution in [2.45, 2.75) is 51.0 Å². The van der Waals surface area contributed by atoms with Crippen molar-refractivity contribution in [1.29, 1.82) is 0 Å². The molecule has 0 aliphatic heterocycles. The molecule has 0 spiro atoms. The van der Waals surface area contributed by atoms with Crippen LogP contribution in [0.2, 0.25) is 0 Å². The van der Waals surface area contributed by atoms with Crippen LogP contribution in [-0.2, 0) is 6.42 Å². The van der Waals surface area contributed by atoms with E-state index < -0.39 is 0 Å². The molecule has 0 unspecified atom stereocenters. The molecule has 2 aliphatic carbocycles. The highest BCUT2D eigenvalue weighted by Gasteiger charge is 2.27. The van der Waals surface area contributed by atoms with E-state index in [9.17, 15) is 0 Å². The van der Waals surface area contributed by atoms with Crippen molar-refractivity contribution in [2.75, 3.05) is 0 Å². The van der Waals surface area contributed by atoms with Gasteiger partial charge in [0.25, 0.3) is 0 Å². The van der Waals surface area contributed by atoms with Crippen LogP contribution < -0.4 is 0 Å². The summed E-state index contributed by atoms with van der Waals surface area (Å²) < 4.78 is 2.30. The van der Waals surface area contributed by atoms with Crippen molar-refractivity contribution >= 4 is 0 Å². The van der Waals surface area contributed by atoms with Gasteiger partial charge in [-0.1, -0.05) is 25.7 Å². The average Bonchev–Trinajstić information content (AvgIpc) is 2.74. The number of hydrogen-bond donors (Lipinski definition) is 0. The molecule has 0 N–H and O–H groups in total. The number of aromatic nitrogens is 3. The molecular formula is C11H17N3. The zero-order valence-electron chi connectivity index (χ0n) is 8.52. The van der Waals surface area contributed by atoms with Crippen LogP contribution in [0.4, 0.5) is 0 Å². The lowest BCUT2D eigenvalue weighted by Crippen LogP contribution is -2.06. The third kappa shape index (κ3) is 1.56. The molecule has 3 nitrogen and oxygen atoms in total. The van der Waals surface area contributed by atoms with Crippen LogP contribution >= 0.6 is 0 Å². The Kier molecular flexibility index (Phi) is 2.03. The molecule has 2 fully saturated rings. The molecule has 2 aliphatic rings. The molecule has 1 aromatic heterocycles. The first-order valence-electron chi connectivity index (χ1n) is 5.82. The summed E-state index contributed by atoms with van der Waals surface area (Å²) in [5.74, 6) is 2.12. The van der Waals surface area contributed by atoms with E-state index in [-0.39, 0.29) is 0 Å². The summed E-state index contributed by atoms with van der Waals surface area (Å²) in [6, 6.07) is 0.737. The van der Waals surface area contributed by atoms with Gasteiger partial charge in [-0.25, -0.2) is 0 Å². The van der Waals surface area contributed by atoms with Crippen LogP contribution in [0.1, 0.15) is 50.4 Å². The Bertz CT molecular complexity index is 308. The smallest absolute Gasteiger partial charge is 0.133 e. The fraction of sp³-hybridized carbons (Fsp3) is 0.818. The van der Waals surface area contributed by atoms with Crippen LogP contribution in [0.5, 0.6) is 0 Å². The molecule has 1 heterocycles. The van der Waals surface area contributed by atoms with Crippen LogP contribution in [0.15, 0.2) is 6.33 Å². The van der Waals surface area contributed by atoms with Gasteiger partial charge in [0.05, 0.1) is 0 Å². The lowest BCUT2D eigenvalue weighted by molar-refractivity contribution is 0.510. The van der Waals surface area contributed by atoms with Crippen LogP contribution in [-0.4, -0.2) is 14.8 Å². The summed E-state index contributed by atoms with van der Waals surface area (Å²) >= 11 is 0. The van der Waals surface area contributed by atoms with Gasteiger partial charge < -0.3 is 4.57 Å². The van der Waals surface area contributed by atoms with E-state index >= 15 is 0 Å². The molecule has 2 saturated carbocycles. The number of hydrogen-bond acceptors (Lipinski definition) is 2. The van der Waals surface area contributed by atoms with E-state index in [1.165, 1.54) is 44.3 Å². The molecule has 0 radical (unpaired) electrons. The molecule has 3 heteroatoms. The Morgan fingerprint density at radius 3 is 2.71 bits per heavy atom. The van der Waals surface area contributed by atoms with Crippen molar-refractivity contribution in [3.05, 3.63) is 12.2 Å². The first-order valence-corrected chi connectivity index (χ1v) is 5.82. The minimum Gasteiger partial charge on any atom is -0.314 e. The minimum absolute atomic E-state index is 0.737. The predicted molar refractivity (Wildman–Crippen MR) is 54.0 cm³/mol. The molecule has 0 saturated heterocycles. The molecule has 14 heavy (non-hydrogen) atoms. The van der Waals surface area contributed by atoms with Crippen molar-refractivity contribution < 1.29 is 0 Å². The topological polar surface area (TPSA) is 30.7 Å². The van der Waals surface area contributed by atoms with Gasteiger partial charge in [0.2, 0.25) is 0 Å². The van der Waals surface area contributed by atoms with Crippen molar-refractivity contribution in [1.82, 2.24) is 14.8 Å². The molecule has 76 valence electrons. The fourth-order valence-corrected chi connectivity index (χ4v) is 2.54. The monoisotopic (exact) mass is 191 g/mol. The predicted octanol–water partition coefficient (Wildman–Crippen LogP) is 2.35. The Hall–Kier alpha value is -0.860. The van der Waals surface area contributed by atoms with Gasteiger partial charge in [0.1, 0.15) is 12.2 Å². The summed E-state index contributed by atoms with van der Waals surface area (Å²) in [5, 5.41) is 8.29. The second-order valence-corrected chi connectivity index (χ2v) is 4.74. The molecule has 1 aromatic rings. The summed E-state index contributed by atoms with van der Waals surface area (Å²) in [5.41, 5.74) is 0. The van der Waals surface area contributed by atoms with E-state index in [0.717, 1.165) is 18.4 Å². The average molecular weight is 191 g/mol. The third-order valence-corrected chi connectivity index (χ3v) is 3.53. The molecule has 0 amide bonds. The lowest BCUT2D eigenvalue weighted by atomic mass is 10.0. The van der Waals surface area contributed by atoms with Crippen molar-refractivity contribution in [3.8, 4) is 0 Å². The van der Waals surface area contributed by atoms with Gasteiger partial charge in [-0.05, 0) is 18.8 Å². The third-order valence-electron chi connectivity index (χ3n) is 3.53. The van der Waals surface area contributed by atoms with Crippen LogP contribution in [0.3, 0.4) is 0 Å². The number of rotatable bonds is 3. The van der Waals surface area contributed by atoms with E-state index in [1.54, 1.807) is 0 Å². The summed E-state index contributed by atoms with van der Waals surface area (Å²) in [7, 11) is 0. The van der Waals surface area contributed by atoms with Crippen LogP contribution in [0.25, 0.3) is 0 Å². The zero-order chi connectivity index (χ0) is 9.38. The first-order chi connectivity index (χ1) is 6.93. The summed E-state index contributed by atoms with van der Waals surface area (Å²) in [6.07, 6.45) is 11.4. The summed E-state index contributed by atoms with van der Waals surface area (Å²) in [6.45, 7) is 0. The highest BCUT2D eigenvalue weighted by atomic mass is 15.3. The Morgan fingerprint density at radius 2 is 2.00 bits per heavy atom. The van der Waals surface area contributed by atoms with E-state index in [4.69, 9.17) is 0 Å². The second-order valence-electron chi connectivity index (χ2n) is 4.74. The van der Waals surface area contributed by atoms with E-state index in [1.807, 2.05) is 6.33 Å². The van der Waals surface area contributed by atoms with E-state index in [0.29, 0.717) is 0 Å². The van der Waals surface area contributed by atoms with Gasteiger partial charge in [-0.3, -0.25) is 0 Å². The lowest BCUT2D eigenvalue weighted by Gasteiger charge is -2.09. The normalized spacial score (nSPS) is 23.1. The van der Waals surface area contributed by atoms with Crippen LogP contribution in [0, 0.1) is 5.92 Å². The largest absolute Gasteiger partial charge is 0.314 e. The Morgan fingerprint density at radius 1 is 1.21 bits per heavy atom. The molecular weight excluding hydrogens is 174 g/mol. The fourth-order valence-electron chi connectivity index (χ4n) is 2.54. The molecule has 0 atom stereocenters.